The Bertz CT molecular complexity index is 1110. The largest absolute Gasteiger partial charge is 0.293 e. The van der Waals surface area contributed by atoms with Gasteiger partial charge in [0.25, 0.3) is 0 Å². The van der Waals surface area contributed by atoms with Gasteiger partial charge >= 0.3 is 0 Å². The van der Waals surface area contributed by atoms with Crippen LogP contribution in [0.15, 0.2) is 59.8 Å². The number of nitrogens with zero attached hydrogens (tertiary/aromatic N) is 2. The van der Waals surface area contributed by atoms with Crippen LogP contribution in [0.5, 0.6) is 0 Å². The van der Waals surface area contributed by atoms with E-state index in [9.17, 15) is 22.0 Å². The summed E-state index contributed by atoms with van der Waals surface area (Å²) in [4.78, 5) is 11.8. The zero-order valence-electron chi connectivity index (χ0n) is 14.2. The summed E-state index contributed by atoms with van der Waals surface area (Å²) in [5.74, 6) is -2.26. The molecule has 1 aromatic heterocycles. The van der Waals surface area contributed by atoms with Gasteiger partial charge in [0.15, 0.2) is 5.78 Å². The number of hydrogen-bond acceptors (Lipinski definition) is 4. The second kappa shape index (κ2) is 7.37. The van der Waals surface area contributed by atoms with E-state index in [-0.39, 0.29) is 5.56 Å². The number of halogens is 2. The first kappa shape index (κ1) is 18.9. The second-order valence-electron chi connectivity index (χ2n) is 5.84. The van der Waals surface area contributed by atoms with Crippen LogP contribution in [0.3, 0.4) is 0 Å². The molecule has 2 aromatic carbocycles. The Hall–Kier alpha value is -2.91. The smallest absolute Gasteiger partial charge is 0.243 e. The van der Waals surface area contributed by atoms with Crippen molar-refractivity contribution in [2.75, 3.05) is 6.54 Å². The van der Waals surface area contributed by atoms with E-state index in [0.717, 1.165) is 23.8 Å². The Balaban J connectivity index is 1.81. The molecule has 0 aliphatic rings. The van der Waals surface area contributed by atoms with Crippen LogP contribution in [0.1, 0.15) is 15.9 Å². The van der Waals surface area contributed by atoms with Crippen molar-refractivity contribution in [2.45, 2.75) is 11.8 Å². The molecule has 1 N–H and O–H groups in total. The summed E-state index contributed by atoms with van der Waals surface area (Å²) in [7, 11) is -4.22. The molecule has 3 rings (SSSR count). The lowest BCUT2D eigenvalue weighted by molar-refractivity contribution is 0.0996. The average Bonchev–Trinajstić information content (AvgIpc) is 3.06. The summed E-state index contributed by atoms with van der Waals surface area (Å²) >= 11 is 0. The molecule has 0 radical (unpaired) electrons. The fourth-order valence-corrected chi connectivity index (χ4v) is 3.48. The van der Waals surface area contributed by atoms with Crippen molar-refractivity contribution in [3.8, 4) is 5.69 Å². The molecular formula is C18H15F2N3O3S. The van der Waals surface area contributed by atoms with Crippen LogP contribution in [0.2, 0.25) is 0 Å². The molecule has 0 amide bonds. The van der Waals surface area contributed by atoms with Gasteiger partial charge in [0, 0.05) is 11.8 Å². The molecular weight excluding hydrogens is 376 g/mol. The minimum atomic E-state index is -4.22. The van der Waals surface area contributed by atoms with Crippen LogP contribution in [0, 0.1) is 18.6 Å². The van der Waals surface area contributed by atoms with Gasteiger partial charge in [0.05, 0.1) is 18.4 Å². The van der Waals surface area contributed by atoms with Gasteiger partial charge in [-0.25, -0.2) is 26.6 Å². The zero-order valence-corrected chi connectivity index (χ0v) is 15.0. The Morgan fingerprint density at radius 2 is 1.93 bits per heavy atom. The molecule has 140 valence electrons. The van der Waals surface area contributed by atoms with Gasteiger partial charge in [-0.15, -0.1) is 0 Å². The molecule has 3 aromatic rings. The summed E-state index contributed by atoms with van der Waals surface area (Å²) < 4.78 is 55.3. The number of sulfonamides is 1. The number of aromatic nitrogens is 2. The van der Waals surface area contributed by atoms with E-state index in [0.29, 0.717) is 5.69 Å². The van der Waals surface area contributed by atoms with Crippen molar-refractivity contribution in [1.82, 2.24) is 14.5 Å². The van der Waals surface area contributed by atoms with Gasteiger partial charge in [-0.05, 0) is 42.8 Å². The van der Waals surface area contributed by atoms with E-state index in [4.69, 9.17) is 0 Å². The first-order chi connectivity index (χ1) is 12.8. The number of nitrogens with one attached hydrogen (secondary N) is 1. The Morgan fingerprint density at radius 3 is 2.59 bits per heavy atom. The topological polar surface area (TPSA) is 81.1 Å². The average molecular weight is 391 g/mol. The standard InChI is InChI=1S/C18H15F2N3O3S/c1-12-9-21-23(11-12)15-7-13(6-14(19)8-15)17(24)10-22-27(25,26)18-5-3-2-4-16(18)20/h2-9,11,22H,10H2,1H3. The second-order valence-corrected chi connectivity index (χ2v) is 7.57. The van der Waals surface area contributed by atoms with Crippen LogP contribution in [-0.4, -0.2) is 30.5 Å². The molecule has 27 heavy (non-hydrogen) atoms. The predicted molar refractivity (Wildman–Crippen MR) is 94.2 cm³/mol. The first-order valence-corrected chi connectivity index (χ1v) is 9.34. The van der Waals surface area contributed by atoms with E-state index in [1.165, 1.54) is 28.9 Å². The number of benzene rings is 2. The van der Waals surface area contributed by atoms with Crippen LogP contribution in [-0.2, 0) is 10.0 Å². The molecule has 0 saturated heterocycles. The lowest BCUT2D eigenvalue weighted by Gasteiger charge is -2.09. The molecule has 6 nitrogen and oxygen atoms in total. The van der Waals surface area contributed by atoms with Gasteiger partial charge in [-0.2, -0.15) is 5.10 Å². The van der Waals surface area contributed by atoms with Crippen LogP contribution in [0.25, 0.3) is 5.69 Å². The van der Waals surface area contributed by atoms with Crippen molar-refractivity contribution in [2.24, 2.45) is 0 Å². The maximum atomic E-state index is 13.9. The van der Waals surface area contributed by atoms with Gasteiger partial charge < -0.3 is 0 Å². The summed E-state index contributed by atoms with van der Waals surface area (Å²) in [6.45, 7) is 1.17. The number of aryl methyl sites for hydroxylation is 1. The Morgan fingerprint density at radius 1 is 1.19 bits per heavy atom. The fourth-order valence-electron chi connectivity index (χ4n) is 2.42. The van der Waals surface area contributed by atoms with Crippen molar-refractivity contribution in [1.29, 1.82) is 0 Å². The molecule has 1 heterocycles. The number of rotatable bonds is 6. The van der Waals surface area contributed by atoms with Crippen LogP contribution < -0.4 is 4.72 Å². The third-order valence-electron chi connectivity index (χ3n) is 3.73. The SMILES string of the molecule is Cc1cnn(-c2cc(F)cc(C(=O)CNS(=O)(=O)c3ccccc3F)c2)c1. The normalized spacial score (nSPS) is 11.5. The molecule has 0 bridgehead atoms. The summed E-state index contributed by atoms with van der Waals surface area (Å²) in [6.07, 6.45) is 3.23. The number of hydrogen-bond donors (Lipinski definition) is 1. The van der Waals surface area contributed by atoms with Crippen molar-refractivity contribution >= 4 is 15.8 Å². The molecule has 0 aliphatic carbocycles. The summed E-state index contributed by atoms with van der Waals surface area (Å²) in [5, 5.41) is 4.05. The molecule has 0 spiro atoms. The maximum Gasteiger partial charge on any atom is 0.243 e. The number of ketones is 1. The third-order valence-corrected chi connectivity index (χ3v) is 5.16. The van der Waals surface area contributed by atoms with Gasteiger partial charge in [-0.3, -0.25) is 4.79 Å². The van der Waals surface area contributed by atoms with Crippen molar-refractivity contribution < 1.29 is 22.0 Å². The minimum Gasteiger partial charge on any atom is -0.293 e. The van der Waals surface area contributed by atoms with Crippen molar-refractivity contribution in [3.05, 3.63) is 77.6 Å². The summed E-state index contributed by atoms with van der Waals surface area (Å²) in [6, 6.07) is 8.40. The predicted octanol–water partition coefficient (Wildman–Crippen LogP) is 2.62. The Labute approximate surface area is 154 Å². The highest BCUT2D eigenvalue weighted by Gasteiger charge is 2.20. The van der Waals surface area contributed by atoms with E-state index in [1.54, 1.807) is 12.4 Å². The molecule has 0 atom stereocenters. The van der Waals surface area contributed by atoms with Gasteiger partial charge in [0.2, 0.25) is 10.0 Å². The lowest BCUT2D eigenvalue weighted by atomic mass is 10.1. The highest BCUT2D eigenvalue weighted by molar-refractivity contribution is 7.89. The zero-order chi connectivity index (χ0) is 19.6. The molecule has 0 fully saturated rings. The Kier molecular flexibility index (Phi) is 5.15. The number of Topliss-reactive ketones (excluding diaryl/α,β-unsaturated/α-hetero) is 1. The molecule has 0 aliphatic heterocycles. The van der Waals surface area contributed by atoms with E-state index in [1.807, 2.05) is 11.6 Å². The highest BCUT2D eigenvalue weighted by Crippen LogP contribution is 2.16. The molecule has 9 heteroatoms. The lowest BCUT2D eigenvalue weighted by Crippen LogP contribution is -2.30. The fraction of sp³-hybridized carbons (Fsp3) is 0.111. The first-order valence-electron chi connectivity index (χ1n) is 7.86. The highest BCUT2D eigenvalue weighted by atomic mass is 32.2. The quantitative estimate of drug-likeness (QED) is 0.655. The summed E-state index contributed by atoms with van der Waals surface area (Å²) in [5.41, 5.74) is 1.14. The number of carbonyl (C=O) groups is 1. The minimum absolute atomic E-state index is 0.0330. The van der Waals surface area contributed by atoms with E-state index < -0.39 is 38.9 Å². The van der Waals surface area contributed by atoms with Crippen molar-refractivity contribution in [3.63, 3.8) is 0 Å². The van der Waals surface area contributed by atoms with Crippen LogP contribution >= 0.6 is 0 Å². The maximum absolute atomic E-state index is 13.9. The van der Waals surface area contributed by atoms with E-state index in [2.05, 4.69) is 5.10 Å². The van der Waals surface area contributed by atoms with Gasteiger partial charge in [-0.1, -0.05) is 12.1 Å². The third kappa shape index (κ3) is 4.26. The molecule has 0 unspecified atom stereocenters. The van der Waals surface area contributed by atoms with Gasteiger partial charge in [0.1, 0.15) is 16.5 Å². The monoisotopic (exact) mass is 391 g/mol. The molecule has 0 saturated carbocycles. The number of carbonyl (C=O) groups excluding carboxylic acids is 1. The van der Waals surface area contributed by atoms with E-state index >= 15 is 0 Å². The van der Waals surface area contributed by atoms with Crippen LogP contribution in [0.4, 0.5) is 8.78 Å².